The molecule has 0 aromatic carbocycles. The van der Waals surface area contributed by atoms with Crippen LogP contribution in [-0.4, -0.2) is 96.0 Å². The Labute approximate surface area is 97.7 Å². The van der Waals surface area contributed by atoms with Crippen molar-refractivity contribution in [3.05, 3.63) is 0 Å². The van der Waals surface area contributed by atoms with E-state index in [1.807, 2.05) is 0 Å². The molecule has 0 saturated carbocycles. The molecule has 0 aliphatic carbocycles. The average Bonchev–Trinajstić information content (AvgIpc) is 0. The smallest absolute Gasteiger partial charge is 1.00 e. The first-order chi connectivity index (χ1) is 0. The van der Waals surface area contributed by atoms with Gasteiger partial charge in [-0.3, -0.25) is 0 Å². The van der Waals surface area contributed by atoms with Gasteiger partial charge < -0.3 is 2.85 Å². The minimum absolute atomic E-state index is 0. The van der Waals surface area contributed by atoms with Crippen LogP contribution in [0.4, 0.5) is 0 Å². The third-order valence-electron chi connectivity index (χ3n) is 0. The van der Waals surface area contributed by atoms with Gasteiger partial charge in [-0.25, -0.2) is 0 Å². The maximum Gasteiger partial charge on any atom is 2.00 e. The van der Waals surface area contributed by atoms with Crippen LogP contribution >= 0.6 is 0 Å². The fourth-order valence-corrected chi connectivity index (χ4v) is 0. The minimum Gasteiger partial charge on any atom is -1.00 e. The zero-order valence-corrected chi connectivity index (χ0v) is 7.65. The van der Waals surface area contributed by atoms with Crippen molar-refractivity contribution in [1.82, 2.24) is 0 Å². The molecule has 7 heteroatoms. The summed E-state index contributed by atoms with van der Waals surface area (Å²) in [5.74, 6) is 0. The Balaban J connectivity index is 0. The Morgan fingerprint density at radius 1 is 0.429 bits per heavy atom. The van der Waals surface area contributed by atoms with Gasteiger partial charge in [-0.05, 0) is 0 Å². The molecule has 0 heterocycles. The van der Waals surface area contributed by atoms with E-state index in [-0.39, 0.29) is 98.8 Å². The van der Waals surface area contributed by atoms with Crippen molar-refractivity contribution in [2.24, 2.45) is 0 Å². The van der Waals surface area contributed by atoms with Gasteiger partial charge in [0, 0.05) is 50.5 Å². The molecule has 0 spiro atoms. The summed E-state index contributed by atoms with van der Waals surface area (Å²) >= 11 is 0. The normalized spacial score (nSPS) is 0. The zero-order valence-electron chi connectivity index (χ0n) is 6.17. The van der Waals surface area contributed by atoms with Crippen molar-refractivity contribution in [3.63, 3.8) is 0 Å². The predicted molar refractivity (Wildman–Crippen MR) is 42.5 cm³/mol. The van der Waals surface area contributed by atoms with Gasteiger partial charge >= 0.3 is 45.5 Å². The van der Waals surface area contributed by atoms with Crippen LogP contribution in [0.3, 0.4) is 0 Å². The number of hydrogen-bond acceptors (Lipinski definition) is 0. The van der Waals surface area contributed by atoms with Crippen molar-refractivity contribution in [3.8, 4) is 0 Å². The van der Waals surface area contributed by atoms with Gasteiger partial charge in [0.1, 0.15) is 0 Å². The Morgan fingerprint density at radius 3 is 0.429 bits per heavy atom. The van der Waals surface area contributed by atoms with Crippen LogP contribution in [-0.2, 0) is 0 Å². The first kappa shape index (κ1) is 157. The van der Waals surface area contributed by atoms with E-state index in [4.69, 9.17) is 0 Å². The molecule has 0 rings (SSSR count). The van der Waals surface area contributed by atoms with Gasteiger partial charge in [-0.15, -0.1) is 0 Å². The van der Waals surface area contributed by atoms with Crippen molar-refractivity contribution < 1.29 is 2.85 Å². The Kier molecular flexibility index (Phi) is 2380. The average molecular weight is 155 g/mol. The number of hydrogen-bond donors (Lipinski definition) is 0. The molecule has 22 valence electrons. The molecule has 0 aliphatic heterocycles. The second kappa shape index (κ2) is 106. The second-order valence-corrected chi connectivity index (χ2v) is 0. The van der Waals surface area contributed by atoms with Crippen LogP contribution in [0.15, 0.2) is 0 Å². The molecule has 0 aromatic rings. The van der Waals surface area contributed by atoms with E-state index in [2.05, 4.69) is 0 Å². The van der Waals surface area contributed by atoms with E-state index in [0.717, 1.165) is 0 Å². The fourth-order valence-electron chi connectivity index (χ4n) is 0. The minimum atomic E-state index is 0. The molecule has 7 heavy (non-hydrogen) atoms. The van der Waals surface area contributed by atoms with Crippen LogP contribution in [0.5, 0.6) is 0 Å². The van der Waals surface area contributed by atoms with Crippen LogP contribution in [0.2, 0.25) is 0 Å². The van der Waals surface area contributed by atoms with Gasteiger partial charge in [0.15, 0.2) is 0 Å². The second-order valence-electron chi connectivity index (χ2n) is 0. The Bertz CT molecular complexity index is 11.0. The van der Waals surface area contributed by atoms with E-state index in [0.29, 0.717) is 0 Å². The Morgan fingerprint density at radius 2 is 0.429 bits per heavy atom. The molecule has 0 saturated heterocycles. The van der Waals surface area contributed by atoms with Crippen molar-refractivity contribution in [2.45, 2.75) is 0 Å². The largest absolute Gasteiger partial charge is 2.00 e. The quantitative estimate of drug-likeness (QED) is 0.340. The summed E-state index contributed by atoms with van der Waals surface area (Å²) in [5, 5.41) is 0. The summed E-state index contributed by atoms with van der Waals surface area (Å²) in [6.07, 6.45) is 0. The van der Waals surface area contributed by atoms with Gasteiger partial charge in [0.25, 0.3) is 0 Å². The molecule has 0 aliphatic rings. The standard InChI is InChI=1S/6B.Sr.2H/q;;;;;;+2;2*-1. The van der Waals surface area contributed by atoms with Gasteiger partial charge in [0.05, 0.1) is 0 Å². The molecule has 18 radical (unpaired) electrons. The van der Waals surface area contributed by atoms with Gasteiger partial charge in [-0.1, -0.05) is 0 Å². The molecule has 0 unspecified atom stereocenters. The summed E-state index contributed by atoms with van der Waals surface area (Å²) in [6, 6.07) is 0. The maximum atomic E-state index is 0. The van der Waals surface area contributed by atoms with Crippen LogP contribution < -0.4 is 0 Å². The van der Waals surface area contributed by atoms with E-state index in [1.54, 1.807) is 0 Å². The third kappa shape index (κ3) is 77.5. The van der Waals surface area contributed by atoms with Gasteiger partial charge in [0.2, 0.25) is 0 Å². The fraction of sp³-hybridized carbons (Fsp3) is 0. The summed E-state index contributed by atoms with van der Waals surface area (Å²) in [4.78, 5) is 0. The summed E-state index contributed by atoms with van der Waals surface area (Å²) < 4.78 is 0. The van der Waals surface area contributed by atoms with E-state index in [9.17, 15) is 0 Å². The SMILES string of the molecule is [B].[B].[B].[B].[B].[B].[H-].[H-].[Sr+2]. The molecular weight excluding hydrogens is 152 g/mol. The molecular formula is H2B6Sr. The zero-order chi connectivity index (χ0) is 0. The summed E-state index contributed by atoms with van der Waals surface area (Å²) in [7, 11) is 0. The van der Waals surface area contributed by atoms with Gasteiger partial charge in [-0.2, -0.15) is 0 Å². The topological polar surface area (TPSA) is 0 Å². The van der Waals surface area contributed by atoms with Crippen LogP contribution in [0.1, 0.15) is 2.85 Å². The molecule has 0 fully saturated rings. The molecule has 0 nitrogen and oxygen atoms in total. The molecule has 0 aromatic heterocycles. The summed E-state index contributed by atoms with van der Waals surface area (Å²) in [6.45, 7) is 0. The first-order valence-corrected chi connectivity index (χ1v) is 0. The third-order valence-corrected chi connectivity index (χ3v) is 0. The first-order valence-electron chi connectivity index (χ1n) is 0. The van der Waals surface area contributed by atoms with Crippen LogP contribution in [0, 0.1) is 0 Å². The summed E-state index contributed by atoms with van der Waals surface area (Å²) in [5.41, 5.74) is 0. The maximum absolute atomic E-state index is 0. The van der Waals surface area contributed by atoms with Crippen molar-refractivity contribution in [2.75, 3.05) is 0 Å². The van der Waals surface area contributed by atoms with Crippen LogP contribution in [0.25, 0.3) is 0 Å². The molecule has 0 bridgehead atoms. The van der Waals surface area contributed by atoms with Crippen molar-refractivity contribution in [1.29, 1.82) is 0 Å². The van der Waals surface area contributed by atoms with E-state index >= 15 is 0 Å². The Hall–Kier alpha value is 1.87. The molecule has 0 atom stereocenters. The van der Waals surface area contributed by atoms with E-state index < -0.39 is 0 Å². The number of rotatable bonds is 0. The van der Waals surface area contributed by atoms with Crippen molar-refractivity contribution >= 4 is 96.0 Å². The molecule has 0 amide bonds. The monoisotopic (exact) mass is 156 g/mol. The van der Waals surface area contributed by atoms with E-state index in [1.165, 1.54) is 0 Å². The molecule has 0 N–H and O–H groups in total. The predicted octanol–water partition coefficient (Wildman–Crippen LogP) is -2.44.